The molecule has 0 rings (SSSR count). The predicted molar refractivity (Wildman–Crippen MR) is 255 cm³/mol. The Kier molecular flexibility index (Phi) is 40.3. The molecule has 5 atom stereocenters. The van der Waals surface area contributed by atoms with Gasteiger partial charge < -0.3 is 39.5 Å². The van der Waals surface area contributed by atoms with Crippen molar-refractivity contribution in [2.75, 3.05) is 26.4 Å². The maximum atomic E-state index is 12.7. The summed E-state index contributed by atoms with van der Waals surface area (Å²) in [6.07, 6.45) is 43.1. The van der Waals surface area contributed by atoms with E-state index in [1.165, 1.54) is 32.1 Å². The van der Waals surface area contributed by atoms with Gasteiger partial charge in [0.1, 0.15) is 12.7 Å². The van der Waals surface area contributed by atoms with Crippen LogP contribution in [0.4, 0.5) is 0 Å². The van der Waals surface area contributed by atoms with Crippen molar-refractivity contribution in [2.45, 2.75) is 167 Å². The van der Waals surface area contributed by atoms with Crippen molar-refractivity contribution in [1.29, 1.82) is 0 Å². The number of phosphoric acid groups is 2. The molecule has 0 bridgehead atoms. The Balaban J connectivity index is 4.81. The summed E-state index contributed by atoms with van der Waals surface area (Å²) in [6.45, 7) is 1.34. The Hall–Kier alpha value is -3.04. The third kappa shape index (κ3) is 45.9. The van der Waals surface area contributed by atoms with E-state index in [-0.39, 0.29) is 25.7 Å². The summed E-state index contributed by atoms with van der Waals surface area (Å²) in [5.74, 6) is -1.32. The molecule has 65 heavy (non-hydrogen) atoms. The Bertz CT molecular complexity index is 1550. The SMILES string of the molecule is CCCCC/C=C\C/C=C\C/C=C\C/C=C\CCCCCC(=O)O[C@H](COC(=O)CCC[C@H](O)\C=C/C=C/C=C/[C@H](O)C/C=C\CCCCC)COP(=O)(O)OC[C@@H](O)COP(=O)(O)O. The van der Waals surface area contributed by atoms with E-state index in [1.54, 1.807) is 36.5 Å². The standard InChI is InChI=1S/C48H80O15P2/c1-3-5-7-9-11-12-13-14-15-16-17-18-19-20-21-22-23-25-31-37-48(53)63-46(42-62-65(57,58)61-40-45(51)39-60-64(54,55)56)41-59-47(52)38-32-36-44(50)35-30-27-26-29-34-43(49)33-28-24-10-8-6-4-2/h11-12,14-15,17-18,20-21,24,26-30,34-35,43-46,49-51H,3-10,13,16,19,22-23,25,31-33,36-42H2,1-2H3,(H,57,58)(H2,54,55,56)/b12-11-,15-14-,18-17-,21-20-,27-26+,28-24-,34-29+,35-30-/t43-,44-,45+,46-/m1/s1. The zero-order valence-electron chi connectivity index (χ0n) is 38.8. The minimum atomic E-state index is -4.90. The Morgan fingerprint density at radius 2 is 1.02 bits per heavy atom. The van der Waals surface area contributed by atoms with Gasteiger partial charge in [0, 0.05) is 12.8 Å². The zero-order chi connectivity index (χ0) is 48.3. The molecule has 15 nitrogen and oxygen atoms in total. The number of rotatable bonds is 42. The number of hydrogen-bond donors (Lipinski definition) is 6. The number of phosphoric ester groups is 2. The first-order valence-electron chi connectivity index (χ1n) is 23.1. The topological polar surface area (TPSA) is 236 Å². The highest BCUT2D eigenvalue weighted by molar-refractivity contribution is 7.47. The lowest BCUT2D eigenvalue weighted by molar-refractivity contribution is -0.161. The molecule has 0 aromatic carbocycles. The van der Waals surface area contributed by atoms with Crippen LogP contribution in [0.15, 0.2) is 97.2 Å². The van der Waals surface area contributed by atoms with Gasteiger partial charge in [-0.3, -0.25) is 23.2 Å². The molecule has 0 saturated carbocycles. The van der Waals surface area contributed by atoms with Crippen LogP contribution in [0.1, 0.15) is 142 Å². The maximum Gasteiger partial charge on any atom is 0.472 e. The molecule has 0 saturated heterocycles. The number of esters is 2. The van der Waals surface area contributed by atoms with Crippen molar-refractivity contribution in [1.82, 2.24) is 0 Å². The van der Waals surface area contributed by atoms with Crippen LogP contribution in [0.3, 0.4) is 0 Å². The van der Waals surface area contributed by atoms with Crippen LogP contribution in [0.5, 0.6) is 0 Å². The monoisotopic (exact) mass is 958 g/mol. The number of allylic oxidation sites excluding steroid dienone is 13. The van der Waals surface area contributed by atoms with Crippen molar-refractivity contribution < 1.29 is 71.8 Å². The first-order chi connectivity index (χ1) is 31.2. The van der Waals surface area contributed by atoms with Crippen molar-refractivity contribution in [3.63, 3.8) is 0 Å². The van der Waals surface area contributed by atoms with Crippen LogP contribution < -0.4 is 0 Å². The highest BCUT2D eigenvalue weighted by Gasteiger charge is 2.28. The summed E-state index contributed by atoms with van der Waals surface area (Å²) in [7, 11) is -9.78. The van der Waals surface area contributed by atoms with Crippen LogP contribution >= 0.6 is 15.6 Å². The van der Waals surface area contributed by atoms with E-state index < -0.39 is 78.4 Å². The molecule has 0 radical (unpaired) electrons. The molecule has 0 fully saturated rings. The average Bonchev–Trinajstić information content (AvgIpc) is 3.26. The minimum Gasteiger partial charge on any atom is -0.462 e. The first kappa shape index (κ1) is 62.0. The van der Waals surface area contributed by atoms with Crippen molar-refractivity contribution in [3.05, 3.63) is 97.2 Å². The molecule has 0 amide bonds. The van der Waals surface area contributed by atoms with E-state index in [0.717, 1.165) is 57.8 Å². The summed E-state index contributed by atoms with van der Waals surface area (Å²) in [4.78, 5) is 52.8. The van der Waals surface area contributed by atoms with Gasteiger partial charge in [-0.05, 0) is 83.5 Å². The lowest BCUT2D eigenvalue weighted by Crippen LogP contribution is -2.30. The van der Waals surface area contributed by atoms with E-state index in [9.17, 15) is 38.9 Å². The van der Waals surface area contributed by atoms with Gasteiger partial charge in [-0.15, -0.1) is 0 Å². The third-order valence-corrected chi connectivity index (χ3v) is 10.6. The van der Waals surface area contributed by atoms with Gasteiger partial charge >= 0.3 is 27.6 Å². The molecule has 0 aliphatic heterocycles. The molecule has 17 heteroatoms. The second kappa shape index (κ2) is 42.3. The van der Waals surface area contributed by atoms with E-state index >= 15 is 0 Å². The lowest BCUT2D eigenvalue weighted by atomic mass is 10.1. The fourth-order valence-corrected chi connectivity index (χ4v) is 6.68. The summed E-state index contributed by atoms with van der Waals surface area (Å²) in [6, 6.07) is 0. The van der Waals surface area contributed by atoms with E-state index in [1.807, 2.05) is 6.08 Å². The highest BCUT2D eigenvalue weighted by atomic mass is 31.2. The molecule has 6 N–H and O–H groups in total. The second-order valence-electron chi connectivity index (χ2n) is 15.4. The fourth-order valence-electron chi connectivity index (χ4n) is 5.52. The molecule has 372 valence electrons. The largest absolute Gasteiger partial charge is 0.472 e. The fraction of sp³-hybridized carbons (Fsp3) is 0.625. The second-order valence-corrected chi connectivity index (χ2v) is 18.1. The predicted octanol–water partition coefficient (Wildman–Crippen LogP) is 10.1. The molecule has 0 aromatic rings. The summed E-state index contributed by atoms with van der Waals surface area (Å²) in [5, 5.41) is 30.1. The normalized spacial score (nSPS) is 15.8. The molecule has 0 heterocycles. The van der Waals surface area contributed by atoms with Crippen LogP contribution in [-0.4, -0.2) is 92.8 Å². The van der Waals surface area contributed by atoms with Crippen molar-refractivity contribution in [3.8, 4) is 0 Å². The van der Waals surface area contributed by atoms with Gasteiger partial charge in [0.25, 0.3) is 0 Å². The summed E-state index contributed by atoms with van der Waals surface area (Å²) >= 11 is 0. The van der Waals surface area contributed by atoms with E-state index in [2.05, 4.69) is 77.6 Å². The van der Waals surface area contributed by atoms with Gasteiger partial charge in [0.15, 0.2) is 6.10 Å². The molecule has 0 aromatic heterocycles. The smallest absolute Gasteiger partial charge is 0.462 e. The molecular formula is C48H80O15P2. The number of ether oxygens (including phenoxy) is 2. The van der Waals surface area contributed by atoms with Crippen LogP contribution in [0.2, 0.25) is 0 Å². The lowest BCUT2D eigenvalue weighted by Gasteiger charge is -2.20. The van der Waals surface area contributed by atoms with Crippen LogP contribution in [-0.2, 0) is 41.8 Å². The molecule has 1 unspecified atom stereocenters. The van der Waals surface area contributed by atoms with Crippen LogP contribution in [0, 0.1) is 0 Å². The van der Waals surface area contributed by atoms with Gasteiger partial charge in [0.2, 0.25) is 0 Å². The summed E-state index contributed by atoms with van der Waals surface area (Å²) in [5.41, 5.74) is 0. The molecular weight excluding hydrogens is 878 g/mol. The average molecular weight is 959 g/mol. The number of unbranched alkanes of at least 4 members (excludes halogenated alkanes) is 9. The number of aliphatic hydroxyl groups is 3. The number of carbonyl (C=O) groups excluding carboxylic acids is 2. The Morgan fingerprint density at radius 3 is 1.58 bits per heavy atom. The van der Waals surface area contributed by atoms with Gasteiger partial charge in [-0.1, -0.05) is 143 Å². The van der Waals surface area contributed by atoms with Gasteiger partial charge in [-0.25, -0.2) is 9.13 Å². The van der Waals surface area contributed by atoms with Crippen LogP contribution in [0.25, 0.3) is 0 Å². The number of hydrogen-bond acceptors (Lipinski definition) is 12. The zero-order valence-corrected chi connectivity index (χ0v) is 40.6. The Morgan fingerprint density at radius 1 is 0.523 bits per heavy atom. The molecule has 0 aliphatic rings. The maximum absolute atomic E-state index is 12.7. The molecule has 0 spiro atoms. The van der Waals surface area contributed by atoms with Gasteiger partial charge in [-0.2, -0.15) is 0 Å². The highest BCUT2D eigenvalue weighted by Crippen LogP contribution is 2.43. The minimum absolute atomic E-state index is 0.0355. The van der Waals surface area contributed by atoms with Gasteiger partial charge in [0.05, 0.1) is 32.0 Å². The first-order valence-corrected chi connectivity index (χ1v) is 26.2. The Labute approximate surface area is 388 Å². The van der Waals surface area contributed by atoms with E-state index in [0.29, 0.717) is 12.8 Å². The van der Waals surface area contributed by atoms with E-state index in [4.69, 9.17) is 23.8 Å². The van der Waals surface area contributed by atoms with Crippen molar-refractivity contribution >= 4 is 27.6 Å². The summed E-state index contributed by atoms with van der Waals surface area (Å²) < 4.78 is 47.6. The number of aliphatic hydroxyl groups excluding tert-OH is 3. The third-order valence-electron chi connectivity index (χ3n) is 9.13. The number of carbonyl (C=O) groups is 2. The molecule has 0 aliphatic carbocycles. The van der Waals surface area contributed by atoms with Crippen molar-refractivity contribution in [2.24, 2.45) is 0 Å². The quantitative estimate of drug-likeness (QED) is 0.0110.